The average Bonchev–Trinajstić information content (AvgIpc) is 2.90. The molecule has 2 heterocycles. The Morgan fingerprint density at radius 1 is 1.20 bits per heavy atom. The number of hydrogen-bond donors (Lipinski definition) is 1. The maximum Gasteiger partial charge on any atom is 0.110 e. The molecule has 0 aliphatic heterocycles. The van der Waals surface area contributed by atoms with Gasteiger partial charge in [-0.25, -0.2) is 4.98 Å². The molecule has 3 rings (SSSR count). The minimum atomic E-state index is 0.624. The lowest BCUT2D eigenvalue weighted by Crippen LogP contribution is -2.08. The van der Waals surface area contributed by atoms with Gasteiger partial charge in [-0.05, 0) is 19.5 Å². The van der Waals surface area contributed by atoms with Crippen molar-refractivity contribution in [3.63, 3.8) is 0 Å². The van der Waals surface area contributed by atoms with Crippen LogP contribution in [0.15, 0.2) is 30.5 Å². The van der Waals surface area contributed by atoms with Crippen molar-refractivity contribution >= 4 is 10.9 Å². The largest absolute Gasteiger partial charge is 0.350 e. The topological polar surface area (TPSA) is 48.8 Å². The highest BCUT2D eigenvalue weighted by Crippen LogP contribution is 2.32. The monoisotopic (exact) mass is 268 g/mol. The van der Waals surface area contributed by atoms with Crippen LogP contribution in [0.2, 0.25) is 0 Å². The molecule has 0 bridgehead atoms. The molecule has 0 unspecified atom stereocenters. The van der Waals surface area contributed by atoms with Crippen LogP contribution in [0, 0.1) is 6.92 Å². The molecule has 4 heteroatoms. The van der Waals surface area contributed by atoms with Crippen LogP contribution in [-0.4, -0.2) is 20.7 Å². The van der Waals surface area contributed by atoms with Gasteiger partial charge < -0.3 is 14.9 Å². The lowest BCUT2D eigenvalue weighted by Gasteiger charge is -2.05. The van der Waals surface area contributed by atoms with Gasteiger partial charge in [0.05, 0.1) is 11.4 Å². The molecule has 0 fully saturated rings. The number of nitrogens with zero attached hydrogens (tertiary/aromatic N) is 3. The zero-order valence-electron chi connectivity index (χ0n) is 12.2. The molecule has 0 radical (unpaired) electrons. The number of para-hydroxylation sites is 1. The Hall–Kier alpha value is -2.07. The summed E-state index contributed by atoms with van der Waals surface area (Å²) in [4.78, 5) is 4.67. The molecule has 0 atom stereocenters. The molecule has 0 aliphatic carbocycles. The van der Waals surface area contributed by atoms with E-state index < -0.39 is 0 Å². The van der Waals surface area contributed by atoms with Crippen LogP contribution < -0.4 is 5.73 Å². The average molecular weight is 268 g/mol. The summed E-state index contributed by atoms with van der Waals surface area (Å²) in [6.07, 6.45) is 2.99. The van der Waals surface area contributed by atoms with E-state index in [4.69, 9.17) is 5.73 Å². The Morgan fingerprint density at radius 2 is 1.95 bits per heavy atom. The molecule has 0 amide bonds. The van der Waals surface area contributed by atoms with Crippen molar-refractivity contribution in [3.8, 4) is 11.3 Å². The van der Waals surface area contributed by atoms with E-state index in [0.717, 1.165) is 17.9 Å². The summed E-state index contributed by atoms with van der Waals surface area (Å²) in [5.41, 5.74) is 10.4. The molecule has 0 aliphatic rings. The van der Waals surface area contributed by atoms with Crippen molar-refractivity contribution in [2.75, 3.05) is 6.54 Å². The SMILES string of the molecule is Cc1nc(CCN)n(C)c1-c1cn(C)c2ccccc12. The van der Waals surface area contributed by atoms with E-state index in [0.29, 0.717) is 6.54 Å². The fourth-order valence-electron chi connectivity index (χ4n) is 2.95. The highest BCUT2D eigenvalue weighted by molar-refractivity contribution is 5.95. The molecule has 104 valence electrons. The fraction of sp³-hybridized carbons (Fsp3) is 0.312. The molecular formula is C16H20N4. The first-order chi connectivity index (χ1) is 9.63. The Kier molecular flexibility index (Phi) is 3.10. The van der Waals surface area contributed by atoms with Gasteiger partial charge in [0.2, 0.25) is 0 Å². The lowest BCUT2D eigenvalue weighted by atomic mass is 10.1. The second-order valence-corrected chi connectivity index (χ2v) is 5.23. The number of nitrogens with two attached hydrogens (primary N) is 1. The first kappa shape index (κ1) is 12.9. The number of rotatable bonds is 3. The fourth-order valence-corrected chi connectivity index (χ4v) is 2.95. The Bertz CT molecular complexity index is 764. The maximum absolute atomic E-state index is 5.66. The second-order valence-electron chi connectivity index (χ2n) is 5.23. The van der Waals surface area contributed by atoms with Gasteiger partial charge in [-0.3, -0.25) is 0 Å². The first-order valence-electron chi connectivity index (χ1n) is 6.90. The number of hydrogen-bond acceptors (Lipinski definition) is 2. The van der Waals surface area contributed by atoms with Crippen LogP contribution in [0.3, 0.4) is 0 Å². The molecule has 0 spiro atoms. The minimum absolute atomic E-state index is 0.624. The van der Waals surface area contributed by atoms with Crippen LogP contribution in [-0.2, 0) is 20.5 Å². The van der Waals surface area contributed by atoms with Crippen molar-refractivity contribution in [2.45, 2.75) is 13.3 Å². The summed E-state index contributed by atoms with van der Waals surface area (Å²) in [7, 11) is 4.15. The summed E-state index contributed by atoms with van der Waals surface area (Å²) in [6.45, 7) is 2.69. The molecule has 0 saturated carbocycles. The standard InChI is InChI=1S/C16H20N4/c1-11-16(20(3)15(18-11)8-9-17)13-10-19(2)14-7-5-4-6-12(13)14/h4-7,10H,8-9,17H2,1-3H3. The zero-order chi connectivity index (χ0) is 14.3. The summed E-state index contributed by atoms with van der Waals surface area (Å²) in [5.74, 6) is 1.05. The van der Waals surface area contributed by atoms with Gasteiger partial charge in [0.1, 0.15) is 5.82 Å². The molecule has 2 N–H and O–H groups in total. The van der Waals surface area contributed by atoms with Crippen LogP contribution >= 0.6 is 0 Å². The number of aryl methyl sites for hydroxylation is 2. The van der Waals surface area contributed by atoms with Crippen LogP contribution in [0.1, 0.15) is 11.5 Å². The minimum Gasteiger partial charge on any atom is -0.350 e. The Labute approximate surface area is 118 Å². The van der Waals surface area contributed by atoms with E-state index in [-0.39, 0.29) is 0 Å². The van der Waals surface area contributed by atoms with E-state index in [1.54, 1.807) is 0 Å². The van der Waals surface area contributed by atoms with Crippen molar-refractivity contribution in [1.82, 2.24) is 14.1 Å². The van der Waals surface area contributed by atoms with E-state index in [1.165, 1.54) is 22.2 Å². The van der Waals surface area contributed by atoms with Gasteiger partial charge in [-0.2, -0.15) is 0 Å². The molecular weight excluding hydrogens is 248 g/mol. The van der Waals surface area contributed by atoms with Gasteiger partial charge >= 0.3 is 0 Å². The molecule has 0 saturated heterocycles. The molecule has 3 aromatic rings. The Morgan fingerprint density at radius 3 is 2.70 bits per heavy atom. The third-order valence-corrected chi connectivity index (χ3v) is 3.88. The molecule has 4 nitrogen and oxygen atoms in total. The van der Waals surface area contributed by atoms with Crippen molar-refractivity contribution in [2.24, 2.45) is 19.8 Å². The predicted octanol–water partition coefficient (Wildman–Crippen LogP) is 2.39. The molecule has 2 aromatic heterocycles. The highest BCUT2D eigenvalue weighted by atomic mass is 15.1. The van der Waals surface area contributed by atoms with Gasteiger partial charge in [0.25, 0.3) is 0 Å². The lowest BCUT2D eigenvalue weighted by molar-refractivity contribution is 0.782. The second kappa shape index (κ2) is 4.80. The summed E-state index contributed by atoms with van der Waals surface area (Å²) in [6, 6.07) is 8.46. The van der Waals surface area contributed by atoms with E-state index in [2.05, 4.69) is 65.6 Å². The van der Waals surface area contributed by atoms with Gasteiger partial charge in [0.15, 0.2) is 0 Å². The zero-order valence-corrected chi connectivity index (χ0v) is 12.2. The molecule has 20 heavy (non-hydrogen) atoms. The van der Waals surface area contributed by atoms with Crippen molar-refractivity contribution < 1.29 is 0 Å². The summed E-state index contributed by atoms with van der Waals surface area (Å²) in [5, 5.41) is 1.26. The van der Waals surface area contributed by atoms with Gasteiger partial charge in [-0.15, -0.1) is 0 Å². The highest BCUT2D eigenvalue weighted by Gasteiger charge is 2.17. The van der Waals surface area contributed by atoms with Crippen molar-refractivity contribution in [3.05, 3.63) is 42.0 Å². The third-order valence-electron chi connectivity index (χ3n) is 3.88. The van der Waals surface area contributed by atoms with Crippen molar-refractivity contribution in [1.29, 1.82) is 0 Å². The Balaban J connectivity index is 2.26. The van der Waals surface area contributed by atoms with Gasteiger partial charge in [-0.1, -0.05) is 18.2 Å². The molecule has 1 aromatic carbocycles. The van der Waals surface area contributed by atoms with Crippen LogP contribution in [0.5, 0.6) is 0 Å². The normalized spacial score (nSPS) is 11.4. The third kappa shape index (κ3) is 1.84. The maximum atomic E-state index is 5.66. The number of imidazole rings is 1. The summed E-state index contributed by atoms with van der Waals surface area (Å²) >= 11 is 0. The van der Waals surface area contributed by atoms with E-state index in [1.807, 2.05) is 0 Å². The van der Waals surface area contributed by atoms with Crippen LogP contribution in [0.4, 0.5) is 0 Å². The number of benzene rings is 1. The number of aromatic nitrogens is 3. The quantitative estimate of drug-likeness (QED) is 0.793. The predicted molar refractivity (Wildman–Crippen MR) is 82.6 cm³/mol. The summed E-state index contributed by atoms with van der Waals surface area (Å²) < 4.78 is 4.34. The van der Waals surface area contributed by atoms with E-state index >= 15 is 0 Å². The van der Waals surface area contributed by atoms with E-state index in [9.17, 15) is 0 Å². The first-order valence-corrected chi connectivity index (χ1v) is 6.90. The van der Waals surface area contributed by atoms with Crippen LogP contribution in [0.25, 0.3) is 22.2 Å². The van der Waals surface area contributed by atoms with Gasteiger partial charge in [0, 0.05) is 43.2 Å². The number of fused-ring (bicyclic) bond motifs is 1. The smallest absolute Gasteiger partial charge is 0.110 e.